The first-order chi connectivity index (χ1) is 9.58. The van der Waals surface area contributed by atoms with Crippen molar-refractivity contribution in [3.63, 3.8) is 0 Å². The lowest BCUT2D eigenvalue weighted by molar-refractivity contribution is 0.157. The van der Waals surface area contributed by atoms with Gasteiger partial charge in [0.05, 0.1) is 7.11 Å². The van der Waals surface area contributed by atoms with E-state index in [1.807, 2.05) is 18.2 Å². The van der Waals surface area contributed by atoms with Crippen molar-refractivity contribution in [2.24, 2.45) is 5.92 Å². The third kappa shape index (κ3) is 4.12. The number of hydrogen-bond donors (Lipinski definition) is 1. The van der Waals surface area contributed by atoms with Crippen molar-refractivity contribution in [2.75, 3.05) is 40.8 Å². The van der Waals surface area contributed by atoms with Crippen LogP contribution in [0.1, 0.15) is 18.4 Å². The number of rotatable bonds is 5. The van der Waals surface area contributed by atoms with Gasteiger partial charge in [-0.3, -0.25) is 4.90 Å². The van der Waals surface area contributed by atoms with Crippen LogP contribution in [-0.4, -0.2) is 55.7 Å². The van der Waals surface area contributed by atoms with Gasteiger partial charge in [-0.15, -0.1) is 0 Å². The van der Waals surface area contributed by atoms with Gasteiger partial charge in [0.15, 0.2) is 11.5 Å². The highest BCUT2D eigenvalue weighted by Crippen LogP contribution is 2.27. The minimum absolute atomic E-state index is 0.229. The lowest BCUT2D eigenvalue weighted by atomic mass is 9.96. The van der Waals surface area contributed by atoms with Crippen molar-refractivity contribution in [1.29, 1.82) is 0 Å². The number of phenols is 1. The molecule has 1 heterocycles. The summed E-state index contributed by atoms with van der Waals surface area (Å²) in [5, 5.41) is 9.81. The van der Waals surface area contributed by atoms with Crippen LogP contribution >= 0.6 is 0 Å². The maximum atomic E-state index is 9.81. The average molecular weight is 278 g/mol. The highest BCUT2D eigenvalue weighted by Gasteiger charge is 2.19. The largest absolute Gasteiger partial charge is 0.504 e. The molecule has 0 atom stereocenters. The van der Waals surface area contributed by atoms with Gasteiger partial charge in [0.2, 0.25) is 0 Å². The molecule has 20 heavy (non-hydrogen) atoms. The van der Waals surface area contributed by atoms with Gasteiger partial charge in [-0.2, -0.15) is 0 Å². The highest BCUT2D eigenvalue weighted by molar-refractivity contribution is 5.41. The summed E-state index contributed by atoms with van der Waals surface area (Å²) in [6.45, 7) is 4.39. The van der Waals surface area contributed by atoms with Gasteiger partial charge < -0.3 is 14.7 Å². The van der Waals surface area contributed by atoms with Crippen LogP contribution in [0.15, 0.2) is 18.2 Å². The van der Waals surface area contributed by atoms with Crippen molar-refractivity contribution in [3.05, 3.63) is 23.8 Å². The molecule has 2 rings (SSSR count). The molecule has 1 N–H and O–H groups in total. The van der Waals surface area contributed by atoms with Crippen LogP contribution < -0.4 is 4.74 Å². The van der Waals surface area contributed by atoms with E-state index in [4.69, 9.17) is 4.74 Å². The number of piperidine rings is 1. The third-order valence-corrected chi connectivity index (χ3v) is 3.98. The monoisotopic (exact) mass is 278 g/mol. The first-order valence-corrected chi connectivity index (χ1v) is 7.31. The smallest absolute Gasteiger partial charge is 0.160 e. The van der Waals surface area contributed by atoms with E-state index in [0.717, 1.165) is 31.1 Å². The molecule has 4 heteroatoms. The van der Waals surface area contributed by atoms with Crippen molar-refractivity contribution >= 4 is 0 Å². The SMILES string of the molecule is COc1ccc(CN2CCC(CN(C)C)CC2)cc1O. The van der Waals surface area contributed by atoms with E-state index in [0.29, 0.717) is 5.75 Å². The number of methoxy groups -OCH3 is 1. The Morgan fingerprint density at radius 1 is 1.30 bits per heavy atom. The van der Waals surface area contributed by atoms with E-state index in [1.54, 1.807) is 7.11 Å². The van der Waals surface area contributed by atoms with Crippen molar-refractivity contribution in [2.45, 2.75) is 19.4 Å². The molecule has 0 spiro atoms. The van der Waals surface area contributed by atoms with Crippen LogP contribution in [0.4, 0.5) is 0 Å². The van der Waals surface area contributed by atoms with E-state index in [1.165, 1.54) is 19.4 Å². The molecule has 112 valence electrons. The molecule has 4 nitrogen and oxygen atoms in total. The molecule has 1 aliphatic heterocycles. The number of hydrogen-bond acceptors (Lipinski definition) is 4. The van der Waals surface area contributed by atoms with Crippen LogP contribution in [0, 0.1) is 5.92 Å². The van der Waals surface area contributed by atoms with Crippen molar-refractivity contribution in [1.82, 2.24) is 9.80 Å². The van der Waals surface area contributed by atoms with E-state index in [-0.39, 0.29) is 5.75 Å². The minimum atomic E-state index is 0.229. The fraction of sp³-hybridized carbons (Fsp3) is 0.625. The van der Waals surface area contributed by atoms with E-state index in [9.17, 15) is 5.11 Å². The molecule has 0 unspecified atom stereocenters. The molecular formula is C16H26N2O2. The number of ether oxygens (including phenoxy) is 1. The van der Waals surface area contributed by atoms with E-state index in [2.05, 4.69) is 23.9 Å². The molecule has 0 aliphatic carbocycles. The Kier molecular flexibility index (Phi) is 5.26. The lowest BCUT2D eigenvalue weighted by Gasteiger charge is -2.33. The zero-order valence-electron chi connectivity index (χ0n) is 12.8. The Morgan fingerprint density at radius 2 is 2.00 bits per heavy atom. The molecule has 0 aromatic heterocycles. The van der Waals surface area contributed by atoms with E-state index >= 15 is 0 Å². The highest BCUT2D eigenvalue weighted by atomic mass is 16.5. The Morgan fingerprint density at radius 3 is 2.55 bits per heavy atom. The maximum Gasteiger partial charge on any atom is 0.160 e. The van der Waals surface area contributed by atoms with Gasteiger partial charge >= 0.3 is 0 Å². The molecular weight excluding hydrogens is 252 g/mol. The predicted molar refractivity (Wildman–Crippen MR) is 81.2 cm³/mol. The quantitative estimate of drug-likeness (QED) is 0.895. The molecule has 0 bridgehead atoms. The summed E-state index contributed by atoms with van der Waals surface area (Å²) >= 11 is 0. The van der Waals surface area contributed by atoms with Crippen molar-refractivity contribution < 1.29 is 9.84 Å². The molecule has 0 radical (unpaired) electrons. The molecule has 0 amide bonds. The van der Waals surface area contributed by atoms with Gasteiger partial charge in [0, 0.05) is 13.1 Å². The zero-order valence-corrected chi connectivity index (χ0v) is 12.8. The molecule has 0 saturated carbocycles. The third-order valence-electron chi connectivity index (χ3n) is 3.98. The van der Waals surface area contributed by atoms with Gasteiger partial charge in [0.25, 0.3) is 0 Å². The summed E-state index contributed by atoms with van der Waals surface area (Å²) < 4.78 is 5.07. The second-order valence-corrected chi connectivity index (χ2v) is 5.99. The lowest BCUT2D eigenvalue weighted by Crippen LogP contribution is -2.36. The Labute approximate surface area is 122 Å². The number of benzene rings is 1. The fourth-order valence-corrected chi connectivity index (χ4v) is 2.94. The summed E-state index contributed by atoms with van der Waals surface area (Å²) in [7, 11) is 5.86. The second kappa shape index (κ2) is 6.95. The summed E-state index contributed by atoms with van der Waals surface area (Å²) in [5.74, 6) is 1.59. The number of nitrogens with zero attached hydrogens (tertiary/aromatic N) is 2. The maximum absolute atomic E-state index is 9.81. The Hall–Kier alpha value is -1.26. The van der Waals surface area contributed by atoms with Crippen LogP contribution in [0.5, 0.6) is 11.5 Å². The number of phenolic OH excluding ortho intramolecular Hbond substituents is 1. The Bertz CT molecular complexity index is 426. The average Bonchev–Trinajstić information content (AvgIpc) is 2.41. The van der Waals surface area contributed by atoms with Crippen LogP contribution in [0.2, 0.25) is 0 Å². The van der Waals surface area contributed by atoms with Gasteiger partial charge in [-0.05, 0) is 63.6 Å². The summed E-state index contributed by atoms with van der Waals surface area (Å²) in [5.41, 5.74) is 1.15. The summed E-state index contributed by atoms with van der Waals surface area (Å²) in [6.07, 6.45) is 2.53. The van der Waals surface area contributed by atoms with Gasteiger partial charge in [0.1, 0.15) is 0 Å². The van der Waals surface area contributed by atoms with Gasteiger partial charge in [-0.25, -0.2) is 0 Å². The summed E-state index contributed by atoms with van der Waals surface area (Å²) in [6, 6.07) is 5.68. The first kappa shape index (κ1) is 15.1. The Balaban J connectivity index is 1.85. The number of likely N-dealkylation sites (tertiary alicyclic amines) is 1. The number of aromatic hydroxyl groups is 1. The first-order valence-electron chi connectivity index (χ1n) is 7.31. The molecule has 1 aromatic carbocycles. The normalized spacial score (nSPS) is 17.6. The zero-order chi connectivity index (χ0) is 14.5. The molecule has 1 saturated heterocycles. The topological polar surface area (TPSA) is 35.9 Å². The standard InChI is InChI=1S/C16H26N2O2/c1-17(2)11-13-6-8-18(9-7-13)12-14-4-5-16(20-3)15(19)10-14/h4-5,10,13,19H,6-9,11-12H2,1-3H3. The predicted octanol–water partition coefficient (Wildman–Crippen LogP) is 2.17. The molecule has 1 aromatic rings. The van der Waals surface area contributed by atoms with Gasteiger partial charge in [-0.1, -0.05) is 6.07 Å². The minimum Gasteiger partial charge on any atom is -0.504 e. The van der Waals surface area contributed by atoms with Crippen LogP contribution in [-0.2, 0) is 6.54 Å². The second-order valence-electron chi connectivity index (χ2n) is 5.99. The molecule has 1 fully saturated rings. The van der Waals surface area contributed by atoms with Crippen LogP contribution in [0.25, 0.3) is 0 Å². The van der Waals surface area contributed by atoms with Crippen molar-refractivity contribution in [3.8, 4) is 11.5 Å². The van der Waals surface area contributed by atoms with Crippen LogP contribution in [0.3, 0.4) is 0 Å². The molecule has 1 aliphatic rings. The van der Waals surface area contributed by atoms with E-state index < -0.39 is 0 Å². The fourth-order valence-electron chi connectivity index (χ4n) is 2.94. The summed E-state index contributed by atoms with van der Waals surface area (Å²) in [4.78, 5) is 4.75.